The first kappa shape index (κ1) is 11.5. The van der Waals surface area contributed by atoms with E-state index in [0.717, 1.165) is 12.8 Å². The summed E-state index contributed by atoms with van der Waals surface area (Å²) in [5.41, 5.74) is 0.667. The van der Waals surface area contributed by atoms with Crippen molar-refractivity contribution >= 4 is 6.08 Å². The molecule has 0 aromatic carbocycles. The van der Waals surface area contributed by atoms with Crippen molar-refractivity contribution in [2.45, 2.75) is 59.4 Å². The summed E-state index contributed by atoms with van der Waals surface area (Å²) in [5.74, 6) is 0. The molecule has 1 aliphatic rings. The second kappa shape index (κ2) is 3.86. The van der Waals surface area contributed by atoms with Gasteiger partial charge in [-0.05, 0) is 30.1 Å². The summed E-state index contributed by atoms with van der Waals surface area (Å²) in [7, 11) is 0. The zero-order valence-electron chi connectivity index (χ0n) is 9.76. The van der Waals surface area contributed by atoms with Gasteiger partial charge in [-0.2, -0.15) is 0 Å². The quantitative estimate of drug-likeness (QED) is 0.491. The zero-order valence-corrected chi connectivity index (χ0v) is 9.76. The van der Waals surface area contributed by atoms with Gasteiger partial charge >= 0.3 is 0 Å². The monoisotopic (exact) mass is 195 g/mol. The molecule has 1 aliphatic carbocycles. The van der Waals surface area contributed by atoms with Crippen molar-refractivity contribution in [3.05, 3.63) is 0 Å². The van der Waals surface area contributed by atoms with Crippen LogP contribution in [0.15, 0.2) is 4.99 Å². The Hall–Kier alpha value is -0.620. The van der Waals surface area contributed by atoms with Gasteiger partial charge < -0.3 is 0 Å². The average molecular weight is 195 g/mol. The van der Waals surface area contributed by atoms with Crippen molar-refractivity contribution in [3.8, 4) is 0 Å². The Morgan fingerprint density at radius 2 is 2.00 bits per heavy atom. The van der Waals surface area contributed by atoms with Crippen LogP contribution in [0.5, 0.6) is 0 Å². The molecule has 14 heavy (non-hydrogen) atoms. The molecule has 0 spiro atoms. The van der Waals surface area contributed by atoms with Crippen LogP contribution in [0.3, 0.4) is 0 Å². The third-order valence-electron chi connectivity index (χ3n) is 3.51. The molecule has 0 heterocycles. The van der Waals surface area contributed by atoms with E-state index in [1.807, 2.05) is 0 Å². The molecule has 80 valence electrons. The molecule has 1 fully saturated rings. The molecule has 1 rings (SSSR count). The molecule has 0 N–H and O–H groups in total. The number of isocyanates is 1. The molecule has 2 atom stereocenters. The van der Waals surface area contributed by atoms with Crippen LogP contribution in [0.4, 0.5) is 0 Å². The van der Waals surface area contributed by atoms with Crippen molar-refractivity contribution in [2.24, 2.45) is 15.8 Å². The lowest BCUT2D eigenvalue weighted by Crippen LogP contribution is -2.37. The summed E-state index contributed by atoms with van der Waals surface area (Å²) in [6, 6.07) is 0.196. The van der Waals surface area contributed by atoms with E-state index in [1.54, 1.807) is 6.08 Å². The van der Waals surface area contributed by atoms with Crippen LogP contribution in [0.1, 0.15) is 53.4 Å². The second-order valence-electron chi connectivity index (χ2n) is 5.79. The molecule has 1 saturated carbocycles. The van der Waals surface area contributed by atoms with Gasteiger partial charge in [-0.15, -0.1) is 0 Å². The molecule has 2 nitrogen and oxygen atoms in total. The summed E-state index contributed by atoms with van der Waals surface area (Å²) in [6.07, 6.45) is 6.19. The SMILES string of the molecule is CCC1(C)CC(N=C=O)CC(C)(C)C1. The van der Waals surface area contributed by atoms with Crippen LogP contribution >= 0.6 is 0 Å². The van der Waals surface area contributed by atoms with E-state index in [-0.39, 0.29) is 6.04 Å². The maximum absolute atomic E-state index is 10.3. The van der Waals surface area contributed by atoms with E-state index in [0.29, 0.717) is 10.8 Å². The van der Waals surface area contributed by atoms with Crippen LogP contribution in [0.25, 0.3) is 0 Å². The van der Waals surface area contributed by atoms with Gasteiger partial charge in [0.2, 0.25) is 6.08 Å². The molecule has 0 aromatic rings. The van der Waals surface area contributed by atoms with Gasteiger partial charge in [0.05, 0.1) is 6.04 Å². The summed E-state index contributed by atoms with van der Waals surface area (Å²) in [6.45, 7) is 9.07. The smallest absolute Gasteiger partial charge is 0.211 e. The number of rotatable bonds is 2. The summed E-state index contributed by atoms with van der Waals surface area (Å²) < 4.78 is 0. The highest BCUT2D eigenvalue weighted by atomic mass is 16.1. The highest BCUT2D eigenvalue weighted by Gasteiger charge is 2.40. The van der Waals surface area contributed by atoms with Gasteiger partial charge in [0.1, 0.15) is 0 Å². The van der Waals surface area contributed by atoms with Crippen LogP contribution in [-0.4, -0.2) is 12.1 Å². The van der Waals surface area contributed by atoms with E-state index >= 15 is 0 Å². The molecule has 0 aromatic heterocycles. The predicted octanol–water partition coefficient (Wildman–Crippen LogP) is 3.32. The van der Waals surface area contributed by atoms with Gasteiger partial charge in [-0.3, -0.25) is 0 Å². The fraction of sp³-hybridized carbons (Fsp3) is 0.917. The van der Waals surface area contributed by atoms with Crippen LogP contribution < -0.4 is 0 Å². The molecule has 2 heteroatoms. The van der Waals surface area contributed by atoms with E-state index in [4.69, 9.17) is 0 Å². The Kier molecular flexibility index (Phi) is 3.16. The lowest BCUT2D eigenvalue weighted by atomic mass is 9.62. The van der Waals surface area contributed by atoms with Crippen molar-refractivity contribution in [1.82, 2.24) is 0 Å². The molecule has 0 saturated heterocycles. The fourth-order valence-corrected chi connectivity index (χ4v) is 3.01. The Bertz CT molecular complexity index is 253. The molecule has 0 bridgehead atoms. The maximum Gasteiger partial charge on any atom is 0.235 e. The number of carbonyl (C=O) groups excluding carboxylic acids is 1. The Balaban J connectivity index is 2.81. The Morgan fingerprint density at radius 1 is 1.36 bits per heavy atom. The van der Waals surface area contributed by atoms with Gasteiger partial charge in [0, 0.05) is 0 Å². The van der Waals surface area contributed by atoms with Crippen LogP contribution in [0.2, 0.25) is 0 Å². The van der Waals surface area contributed by atoms with Crippen molar-refractivity contribution in [2.75, 3.05) is 0 Å². The highest BCUT2D eigenvalue weighted by Crippen LogP contribution is 2.48. The number of aliphatic imine (C=N–C) groups is 1. The Labute approximate surface area is 86.8 Å². The van der Waals surface area contributed by atoms with E-state index in [1.165, 1.54) is 12.8 Å². The second-order valence-corrected chi connectivity index (χ2v) is 5.79. The largest absolute Gasteiger partial charge is 0.235 e. The first-order valence-corrected chi connectivity index (χ1v) is 5.48. The normalized spacial score (nSPS) is 36.1. The Morgan fingerprint density at radius 3 is 2.50 bits per heavy atom. The number of hydrogen-bond acceptors (Lipinski definition) is 2. The predicted molar refractivity (Wildman–Crippen MR) is 57.9 cm³/mol. The van der Waals surface area contributed by atoms with Gasteiger partial charge in [-0.1, -0.05) is 34.1 Å². The van der Waals surface area contributed by atoms with E-state index in [9.17, 15) is 4.79 Å². The maximum atomic E-state index is 10.3. The summed E-state index contributed by atoms with van der Waals surface area (Å²) in [5, 5.41) is 0. The molecule has 0 amide bonds. The molecule has 2 unspecified atom stereocenters. The van der Waals surface area contributed by atoms with Crippen molar-refractivity contribution in [1.29, 1.82) is 0 Å². The van der Waals surface area contributed by atoms with Crippen LogP contribution in [-0.2, 0) is 4.79 Å². The molecule has 0 aliphatic heterocycles. The fourth-order valence-electron chi connectivity index (χ4n) is 3.01. The first-order valence-electron chi connectivity index (χ1n) is 5.48. The van der Waals surface area contributed by atoms with Crippen molar-refractivity contribution in [3.63, 3.8) is 0 Å². The van der Waals surface area contributed by atoms with E-state index < -0.39 is 0 Å². The zero-order chi connectivity index (χ0) is 10.8. The van der Waals surface area contributed by atoms with E-state index in [2.05, 4.69) is 32.7 Å². The average Bonchev–Trinajstić information content (AvgIpc) is 2.01. The minimum absolute atomic E-state index is 0.196. The third kappa shape index (κ3) is 2.68. The van der Waals surface area contributed by atoms with Gasteiger partial charge in [-0.25, -0.2) is 9.79 Å². The topological polar surface area (TPSA) is 29.4 Å². The molecule has 0 radical (unpaired) electrons. The molecular weight excluding hydrogens is 174 g/mol. The number of nitrogens with zero attached hydrogens (tertiary/aromatic N) is 1. The lowest BCUT2D eigenvalue weighted by molar-refractivity contribution is 0.0809. The lowest BCUT2D eigenvalue weighted by Gasteiger charge is -2.44. The highest BCUT2D eigenvalue weighted by molar-refractivity contribution is 5.33. The third-order valence-corrected chi connectivity index (χ3v) is 3.51. The summed E-state index contributed by atoms with van der Waals surface area (Å²) in [4.78, 5) is 14.2. The van der Waals surface area contributed by atoms with Crippen molar-refractivity contribution < 1.29 is 4.79 Å². The first-order chi connectivity index (χ1) is 6.41. The van der Waals surface area contributed by atoms with Crippen LogP contribution in [0, 0.1) is 10.8 Å². The standard InChI is InChI=1S/C12H21NO/c1-5-12(4)7-10(13-9-14)6-11(2,3)8-12/h10H,5-8H2,1-4H3. The minimum Gasteiger partial charge on any atom is -0.211 e. The summed E-state index contributed by atoms with van der Waals surface area (Å²) >= 11 is 0. The number of hydrogen-bond donors (Lipinski definition) is 0. The molecular formula is C12H21NO. The van der Waals surface area contributed by atoms with Gasteiger partial charge in [0.15, 0.2) is 0 Å². The minimum atomic E-state index is 0.196. The van der Waals surface area contributed by atoms with Gasteiger partial charge in [0.25, 0.3) is 0 Å².